The Kier molecular flexibility index (Phi) is 4.50. The Balaban J connectivity index is 2.29. The van der Waals surface area contributed by atoms with Crippen molar-refractivity contribution in [3.63, 3.8) is 0 Å². The van der Waals surface area contributed by atoms with Crippen molar-refractivity contribution in [2.24, 2.45) is 0 Å². The van der Waals surface area contributed by atoms with E-state index in [9.17, 15) is 5.11 Å². The molecule has 0 spiro atoms. The summed E-state index contributed by atoms with van der Waals surface area (Å²) in [6.07, 6.45) is 0. The van der Waals surface area contributed by atoms with E-state index >= 15 is 0 Å². The predicted molar refractivity (Wildman–Crippen MR) is 79.1 cm³/mol. The molecule has 1 atom stereocenters. The largest absolute Gasteiger partial charge is 0.394 e. The Hall–Kier alpha value is -1.46. The zero-order valence-electron chi connectivity index (χ0n) is 10.9. The fourth-order valence-electron chi connectivity index (χ4n) is 1.88. The third-order valence-electron chi connectivity index (χ3n) is 2.82. The molecule has 2 aromatic rings. The lowest BCUT2D eigenvalue weighted by Gasteiger charge is -2.19. The summed E-state index contributed by atoms with van der Waals surface area (Å²) in [5, 5.41) is 12.8. The molecule has 1 aromatic carbocycles. The minimum absolute atomic E-state index is 0.00144. The summed E-state index contributed by atoms with van der Waals surface area (Å²) in [7, 11) is 0. The standard InChI is InChI=1S/C14H16BrN3O/c1-9-13(15)14(17-10(2)16-9)18-12(8-19)11-6-4-3-5-7-11/h3-7,12,19H,8H2,1-2H3,(H,16,17,18)/t12-/m0/s1. The summed E-state index contributed by atoms with van der Waals surface area (Å²) in [5.41, 5.74) is 1.89. The number of nitrogens with one attached hydrogen (secondary N) is 1. The van der Waals surface area contributed by atoms with E-state index < -0.39 is 0 Å². The molecule has 2 rings (SSSR count). The molecule has 19 heavy (non-hydrogen) atoms. The lowest BCUT2D eigenvalue weighted by Crippen LogP contribution is -2.16. The van der Waals surface area contributed by atoms with Crippen molar-refractivity contribution in [3.8, 4) is 0 Å². The van der Waals surface area contributed by atoms with Crippen LogP contribution in [0.3, 0.4) is 0 Å². The van der Waals surface area contributed by atoms with E-state index in [1.807, 2.05) is 44.2 Å². The third kappa shape index (κ3) is 3.30. The average Bonchev–Trinajstić information content (AvgIpc) is 2.42. The molecule has 5 heteroatoms. The van der Waals surface area contributed by atoms with E-state index in [0.717, 1.165) is 15.7 Å². The number of benzene rings is 1. The van der Waals surface area contributed by atoms with Crippen molar-refractivity contribution >= 4 is 21.7 Å². The van der Waals surface area contributed by atoms with Crippen LogP contribution in [-0.2, 0) is 0 Å². The topological polar surface area (TPSA) is 58.0 Å². The number of halogens is 1. The first-order valence-corrected chi connectivity index (χ1v) is 6.84. The normalized spacial score (nSPS) is 12.2. The molecule has 1 aromatic heterocycles. The molecule has 0 saturated heterocycles. The van der Waals surface area contributed by atoms with E-state index in [2.05, 4.69) is 31.2 Å². The molecule has 0 bridgehead atoms. The van der Waals surface area contributed by atoms with Crippen LogP contribution in [0.4, 0.5) is 5.82 Å². The zero-order chi connectivity index (χ0) is 13.8. The minimum atomic E-state index is -0.189. The first-order valence-electron chi connectivity index (χ1n) is 6.05. The molecule has 0 fully saturated rings. The van der Waals surface area contributed by atoms with Gasteiger partial charge in [0, 0.05) is 0 Å². The van der Waals surface area contributed by atoms with Crippen molar-refractivity contribution in [2.45, 2.75) is 19.9 Å². The van der Waals surface area contributed by atoms with Gasteiger partial charge in [0.25, 0.3) is 0 Å². The van der Waals surface area contributed by atoms with Crippen LogP contribution in [0.25, 0.3) is 0 Å². The molecule has 0 radical (unpaired) electrons. The van der Waals surface area contributed by atoms with Crippen molar-refractivity contribution < 1.29 is 5.11 Å². The molecule has 0 aliphatic heterocycles. The van der Waals surface area contributed by atoms with Crippen LogP contribution in [0.1, 0.15) is 23.1 Å². The summed E-state index contributed by atoms with van der Waals surface area (Å²) in [6.45, 7) is 3.76. The Morgan fingerprint density at radius 1 is 1.21 bits per heavy atom. The van der Waals surface area contributed by atoms with Gasteiger partial charge in [0.2, 0.25) is 0 Å². The Morgan fingerprint density at radius 3 is 2.53 bits per heavy atom. The molecular weight excluding hydrogens is 306 g/mol. The zero-order valence-corrected chi connectivity index (χ0v) is 12.5. The first-order chi connectivity index (χ1) is 9.11. The van der Waals surface area contributed by atoms with E-state index in [-0.39, 0.29) is 12.6 Å². The third-order valence-corrected chi connectivity index (χ3v) is 3.77. The van der Waals surface area contributed by atoms with Crippen LogP contribution < -0.4 is 5.32 Å². The smallest absolute Gasteiger partial charge is 0.144 e. The van der Waals surface area contributed by atoms with Crippen LogP contribution in [0.15, 0.2) is 34.8 Å². The van der Waals surface area contributed by atoms with Crippen LogP contribution in [0, 0.1) is 13.8 Å². The fourth-order valence-corrected chi connectivity index (χ4v) is 2.17. The molecule has 1 heterocycles. The average molecular weight is 322 g/mol. The highest BCUT2D eigenvalue weighted by Gasteiger charge is 2.14. The van der Waals surface area contributed by atoms with Gasteiger partial charge in [0.15, 0.2) is 0 Å². The summed E-state index contributed by atoms with van der Waals surface area (Å²) in [5.74, 6) is 1.40. The summed E-state index contributed by atoms with van der Waals surface area (Å²) < 4.78 is 0.826. The van der Waals surface area contributed by atoms with Crippen molar-refractivity contribution in [1.29, 1.82) is 0 Å². The number of aliphatic hydroxyl groups is 1. The number of aryl methyl sites for hydroxylation is 2. The number of aromatic nitrogens is 2. The van der Waals surface area contributed by atoms with E-state index in [0.29, 0.717) is 11.6 Å². The maximum absolute atomic E-state index is 9.55. The lowest BCUT2D eigenvalue weighted by atomic mass is 10.1. The van der Waals surface area contributed by atoms with Crippen LogP contribution in [0.5, 0.6) is 0 Å². The molecule has 2 N–H and O–H groups in total. The molecule has 0 saturated carbocycles. The quantitative estimate of drug-likeness (QED) is 0.908. The maximum atomic E-state index is 9.55. The molecule has 0 amide bonds. The molecule has 0 aliphatic carbocycles. The van der Waals surface area contributed by atoms with Gasteiger partial charge in [-0.1, -0.05) is 30.3 Å². The first kappa shape index (κ1) is 14.0. The van der Waals surface area contributed by atoms with Crippen molar-refractivity contribution in [1.82, 2.24) is 9.97 Å². The van der Waals surface area contributed by atoms with Crippen molar-refractivity contribution in [3.05, 3.63) is 51.9 Å². The molecule has 4 nitrogen and oxygen atoms in total. The highest BCUT2D eigenvalue weighted by Crippen LogP contribution is 2.26. The Bertz CT molecular complexity index is 560. The number of rotatable bonds is 4. The minimum Gasteiger partial charge on any atom is -0.394 e. The van der Waals surface area contributed by atoms with E-state index in [1.165, 1.54) is 0 Å². The molecule has 0 aliphatic rings. The van der Waals surface area contributed by atoms with E-state index in [4.69, 9.17) is 0 Å². The SMILES string of the molecule is Cc1nc(C)c(Br)c(N[C@@H](CO)c2ccccc2)n1. The number of anilines is 1. The molecule has 0 unspecified atom stereocenters. The molecule has 100 valence electrons. The van der Waals surface area contributed by atoms with Gasteiger partial charge in [0.1, 0.15) is 11.6 Å². The predicted octanol–water partition coefficient (Wildman–Crippen LogP) is 3.00. The van der Waals surface area contributed by atoms with Crippen molar-refractivity contribution in [2.75, 3.05) is 11.9 Å². The van der Waals surface area contributed by atoms with Gasteiger partial charge in [-0.05, 0) is 35.3 Å². The Labute approximate surface area is 121 Å². The molecular formula is C14H16BrN3O. The summed E-state index contributed by atoms with van der Waals surface area (Å²) >= 11 is 3.48. The number of hydrogen-bond acceptors (Lipinski definition) is 4. The second kappa shape index (κ2) is 6.12. The van der Waals surface area contributed by atoms with Gasteiger partial charge in [-0.15, -0.1) is 0 Å². The summed E-state index contributed by atoms with van der Waals surface area (Å²) in [6, 6.07) is 9.61. The van der Waals surface area contributed by atoms with Gasteiger partial charge in [-0.3, -0.25) is 0 Å². The van der Waals surface area contributed by atoms with Gasteiger partial charge >= 0.3 is 0 Å². The second-order valence-electron chi connectivity index (χ2n) is 4.31. The van der Waals surface area contributed by atoms with Crippen LogP contribution in [0.2, 0.25) is 0 Å². The monoisotopic (exact) mass is 321 g/mol. The lowest BCUT2D eigenvalue weighted by molar-refractivity contribution is 0.276. The number of hydrogen-bond donors (Lipinski definition) is 2. The number of aliphatic hydroxyl groups excluding tert-OH is 1. The fraction of sp³-hybridized carbons (Fsp3) is 0.286. The maximum Gasteiger partial charge on any atom is 0.144 e. The van der Waals surface area contributed by atoms with Gasteiger partial charge in [-0.25, -0.2) is 9.97 Å². The highest BCUT2D eigenvalue weighted by atomic mass is 79.9. The van der Waals surface area contributed by atoms with E-state index in [1.54, 1.807) is 0 Å². The second-order valence-corrected chi connectivity index (χ2v) is 5.10. The van der Waals surface area contributed by atoms with Gasteiger partial charge in [-0.2, -0.15) is 0 Å². The van der Waals surface area contributed by atoms with Crippen LogP contribution >= 0.6 is 15.9 Å². The van der Waals surface area contributed by atoms with Gasteiger partial charge in [0.05, 0.1) is 22.8 Å². The highest BCUT2D eigenvalue weighted by molar-refractivity contribution is 9.10. The van der Waals surface area contributed by atoms with Gasteiger partial charge < -0.3 is 10.4 Å². The summed E-state index contributed by atoms with van der Waals surface area (Å²) in [4.78, 5) is 8.65. The Morgan fingerprint density at radius 2 is 1.89 bits per heavy atom. The van der Waals surface area contributed by atoms with Crippen LogP contribution in [-0.4, -0.2) is 21.7 Å². The number of nitrogens with zero attached hydrogens (tertiary/aromatic N) is 2.